The van der Waals surface area contributed by atoms with E-state index in [0.717, 1.165) is 0 Å². The van der Waals surface area contributed by atoms with Gasteiger partial charge in [-0.3, -0.25) is 0 Å². The fourth-order valence-corrected chi connectivity index (χ4v) is 0.642. The molecule has 0 aromatic heterocycles. The van der Waals surface area contributed by atoms with Crippen LogP contribution in [0.1, 0.15) is 19.3 Å². The van der Waals surface area contributed by atoms with E-state index in [2.05, 4.69) is 5.32 Å². The maximum atomic E-state index is 10.3. The summed E-state index contributed by atoms with van der Waals surface area (Å²) in [7, 11) is 0. The summed E-state index contributed by atoms with van der Waals surface area (Å²) in [6, 6.07) is 0. The number of piperidine rings is 1. The summed E-state index contributed by atoms with van der Waals surface area (Å²) in [5.41, 5.74) is 0. The molecule has 0 aromatic rings. The van der Waals surface area contributed by atoms with Crippen molar-refractivity contribution in [3.63, 3.8) is 0 Å². The Bertz CT molecular complexity index is 121. The van der Waals surface area contributed by atoms with Crippen molar-refractivity contribution in [1.82, 2.24) is 0 Å². The first-order valence-electron chi connectivity index (χ1n) is 2.56. The molecule has 1 heterocycles. The van der Waals surface area contributed by atoms with Crippen LogP contribution < -0.4 is 29.6 Å². The molecular formula is C5H6NNaO2. The van der Waals surface area contributed by atoms with E-state index in [4.69, 9.17) is 0 Å². The van der Waals surface area contributed by atoms with Gasteiger partial charge >= 0.3 is 29.6 Å². The molecule has 0 saturated carbocycles. The summed E-state index contributed by atoms with van der Waals surface area (Å²) in [5.74, 6) is -0.525. The second-order valence-electron chi connectivity index (χ2n) is 1.75. The molecule has 4 heteroatoms. The average Bonchev–Trinajstić information content (AvgIpc) is 1.64. The Morgan fingerprint density at radius 2 is 1.56 bits per heavy atom. The molecule has 1 rings (SSSR count). The average molecular weight is 135 g/mol. The Morgan fingerprint density at radius 3 is 1.78 bits per heavy atom. The van der Waals surface area contributed by atoms with Crippen molar-refractivity contribution in [1.29, 1.82) is 0 Å². The summed E-state index contributed by atoms with van der Waals surface area (Å²) >= 11 is 0. The first kappa shape index (κ1) is 9.14. The van der Waals surface area contributed by atoms with Gasteiger partial charge in [-0.15, -0.1) is 0 Å². The predicted octanol–water partition coefficient (Wildman–Crippen LogP) is -2.40. The van der Waals surface area contributed by atoms with Crippen LogP contribution in [0.25, 0.3) is 5.32 Å². The van der Waals surface area contributed by atoms with Gasteiger partial charge in [0.05, 0.1) is 11.8 Å². The van der Waals surface area contributed by atoms with Gasteiger partial charge in [-0.2, -0.15) is 0 Å². The number of carbonyl (C=O) groups is 2. The third kappa shape index (κ3) is 2.98. The van der Waals surface area contributed by atoms with E-state index in [9.17, 15) is 9.59 Å². The van der Waals surface area contributed by atoms with Gasteiger partial charge in [0.25, 0.3) is 0 Å². The van der Waals surface area contributed by atoms with Crippen LogP contribution in [0.3, 0.4) is 0 Å². The zero-order chi connectivity index (χ0) is 5.98. The van der Waals surface area contributed by atoms with Crippen molar-refractivity contribution >= 4 is 11.8 Å². The molecule has 1 saturated heterocycles. The van der Waals surface area contributed by atoms with E-state index < -0.39 is 0 Å². The molecule has 9 heavy (non-hydrogen) atoms. The second kappa shape index (κ2) is 4.04. The minimum absolute atomic E-state index is 0. The van der Waals surface area contributed by atoms with Crippen LogP contribution in [0, 0.1) is 0 Å². The molecule has 0 atom stereocenters. The number of hydrogen-bond acceptors (Lipinski definition) is 2. The fraction of sp³-hybridized carbons (Fsp3) is 0.600. The van der Waals surface area contributed by atoms with Crippen molar-refractivity contribution in [3.8, 4) is 0 Å². The molecule has 3 nitrogen and oxygen atoms in total. The zero-order valence-electron chi connectivity index (χ0n) is 5.39. The Kier molecular flexibility index (Phi) is 4.10. The third-order valence-electron chi connectivity index (χ3n) is 1.03. The summed E-state index contributed by atoms with van der Waals surface area (Å²) in [5, 5.41) is 3.20. The molecule has 2 amide bonds. The molecule has 44 valence electrons. The number of carbonyl (C=O) groups excluding carboxylic acids is 2. The van der Waals surface area contributed by atoms with Crippen LogP contribution in [0.2, 0.25) is 0 Å². The van der Waals surface area contributed by atoms with E-state index in [1.165, 1.54) is 0 Å². The predicted molar refractivity (Wildman–Crippen MR) is 27.2 cm³/mol. The molecule has 0 bridgehead atoms. The zero-order valence-corrected chi connectivity index (χ0v) is 7.39. The van der Waals surface area contributed by atoms with E-state index in [0.29, 0.717) is 19.3 Å². The first-order chi connectivity index (χ1) is 3.79. The minimum Gasteiger partial charge on any atom is -0.596 e. The first-order valence-corrected chi connectivity index (χ1v) is 2.56. The molecule has 0 N–H and O–H groups in total. The van der Waals surface area contributed by atoms with Gasteiger partial charge in [0.1, 0.15) is 0 Å². The molecule has 1 aliphatic heterocycles. The summed E-state index contributed by atoms with van der Waals surface area (Å²) in [6.45, 7) is 0. The van der Waals surface area contributed by atoms with Crippen LogP contribution in [0.4, 0.5) is 0 Å². The standard InChI is InChI=1S/C5H7NO2.Na/c7-4-2-1-3-5(8)6-4;/h1-3H2,(H,6,7,8);/q;+1/p-1. The smallest absolute Gasteiger partial charge is 0.596 e. The third-order valence-corrected chi connectivity index (χ3v) is 1.03. The summed E-state index contributed by atoms with van der Waals surface area (Å²) in [4.78, 5) is 20.6. The van der Waals surface area contributed by atoms with Crippen molar-refractivity contribution in [2.24, 2.45) is 0 Å². The molecule has 0 aliphatic carbocycles. The van der Waals surface area contributed by atoms with Gasteiger partial charge < -0.3 is 14.9 Å². The van der Waals surface area contributed by atoms with Gasteiger partial charge in [0.2, 0.25) is 0 Å². The molecule has 0 unspecified atom stereocenters. The summed E-state index contributed by atoms with van der Waals surface area (Å²) < 4.78 is 0. The molecule has 1 aliphatic rings. The van der Waals surface area contributed by atoms with Crippen LogP contribution in [-0.2, 0) is 9.59 Å². The Morgan fingerprint density at radius 1 is 1.11 bits per heavy atom. The quantitative estimate of drug-likeness (QED) is 0.274. The molecule has 1 fully saturated rings. The van der Waals surface area contributed by atoms with Crippen molar-refractivity contribution in [3.05, 3.63) is 5.32 Å². The number of amides is 2. The van der Waals surface area contributed by atoms with Crippen molar-refractivity contribution in [2.45, 2.75) is 19.3 Å². The topological polar surface area (TPSA) is 48.2 Å². The van der Waals surface area contributed by atoms with Gasteiger partial charge in [-0.05, 0) is 19.3 Å². The molecular weight excluding hydrogens is 129 g/mol. The van der Waals surface area contributed by atoms with Gasteiger partial charge in [0.15, 0.2) is 0 Å². The van der Waals surface area contributed by atoms with Crippen molar-refractivity contribution in [2.75, 3.05) is 0 Å². The van der Waals surface area contributed by atoms with Gasteiger partial charge in [0, 0.05) is 0 Å². The molecule has 0 spiro atoms. The molecule has 0 aromatic carbocycles. The van der Waals surface area contributed by atoms with E-state index in [-0.39, 0.29) is 41.4 Å². The maximum absolute atomic E-state index is 10.3. The van der Waals surface area contributed by atoms with E-state index in [1.54, 1.807) is 0 Å². The Balaban J connectivity index is 0.000000640. The normalized spacial score (nSPS) is 18.2. The monoisotopic (exact) mass is 135 g/mol. The summed E-state index contributed by atoms with van der Waals surface area (Å²) in [6.07, 6.45) is 1.58. The Labute approximate surface area is 75.5 Å². The van der Waals surface area contributed by atoms with E-state index in [1.807, 2.05) is 0 Å². The van der Waals surface area contributed by atoms with Crippen LogP contribution in [0.5, 0.6) is 0 Å². The minimum atomic E-state index is -0.263. The number of nitrogens with zero attached hydrogens (tertiary/aromatic N) is 1. The van der Waals surface area contributed by atoms with Crippen LogP contribution >= 0.6 is 0 Å². The van der Waals surface area contributed by atoms with E-state index >= 15 is 0 Å². The van der Waals surface area contributed by atoms with Gasteiger partial charge in [-0.25, -0.2) is 0 Å². The second-order valence-corrected chi connectivity index (χ2v) is 1.75. The Hall–Kier alpha value is 0.140. The number of rotatable bonds is 0. The van der Waals surface area contributed by atoms with Crippen LogP contribution in [-0.4, -0.2) is 11.8 Å². The maximum Gasteiger partial charge on any atom is 1.00 e. The number of hydrogen-bond donors (Lipinski definition) is 0. The van der Waals surface area contributed by atoms with Crippen LogP contribution in [0.15, 0.2) is 0 Å². The van der Waals surface area contributed by atoms with Crippen molar-refractivity contribution < 1.29 is 39.1 Å². The SMILES string of the molecule is O=C1CCCC(=O)[N-]1.[Na+]. The van der Waals surface area contributed by atoms with Gasteiger partial charge in [-0.1, -0.05) is 0 Å². The molecule has 0 radical (unpaired) electrons. The largest absolute Gasteiger partial charge is 1.00 e. The number of imide groups is 1. The fourth-order valence-electron chi connectivity index (χ4n) is 0.642.